The summed E-state index contributed by atoms with van der Waals surface area (Å²) in [7, 11) is -3.43. The minimum absolute atomic E-state index is 0.0762. The Morgan fingerprint density at radius 2 is 1.88 bits per heavy atom. The molecule has 1 amide bonds. The summed E-state index contributed by atoms with van der Waals surface area (Å²) in [5, 5.41) is 11.8. The fraction of sp³-hybridized carbons (Fsp3) is 0.650. The first kappa shape index (κ1) is 20.9. The van der Waals surface area contributed by atoms with Gasteiger partial charge in [-0.25, -0.2) is 8.42 Å². The number of benzene rings is 1. The summed E-state index contributed by atoms with van der Waals surface area (Å²) in [6, 6.07) is 6.51. The van der Waals surface area contributed by atoms with Crippen LogP contribution in [0.25, 0.3) is 0 Å². The molecular weight excluding hydrogens is 350 g/mol. The van der Waals surface area contributed by atoms with Crippen LogP contribution in [0.4, 0.5) is 0 Å². The zero-order chi connectivity index (χ0) is 19.0. The Kier molecular flexibility index (Phi) is 8.10. The van der Waals surface area contributed by atoms with Gasteiger partial charge in [-0.3, -0.25) is 4.79 Å². The van der Waals surface area contributed by atoms with Crippen LogP contribution in [0.5, 0.6) is 0 Å². The highest BCUT2D eigenvalue weighted by Gasteiger charge is 2.24. The topological polar surface area (TPSA) is 83.5 Å². The first-order valence-electron chi connectivity index (χ1n) is 9.66. The number of carbonyl (C=O) groups is 1. The predicted octanol–water partition coefficient (Wildman–Crippen LogP) is 3.07. The molecule has 0 spiro atoms. The number of carbonyl (C=O) groups excluding carboxylic acids is 1. The van der Waals surface area contributed by atoms with Crippen LogP contribution in [0.3, 0.4) is 0 Å². The molecule has 1 aliphatic rings. The maximum Gasteiger partial charge on any atom is 0.223 e. The van der Waals surface area contributed by atoms with Crippen LogP contribution in [-0.2, 0) is 21.2 Å². The second kappa shape index (κ2) is 10.1. The lowest BCUT2D eigenvalue weighted by molar-refractivity contribution is -0.126. The number of amides is 1. The van der Waals surface area contributed by atoms with Crippen LogP contribution in [0.15, 0.2) is 29.2 Å². The second-order valence-corrected chi connectivity index (χ2v) is 9.39. The first-order chi connectivity index (χ1) is 12.5. The van der Waals surface area contributed by atoms with Crippen molar-refractivity contribution in [2.75, 3.05) is 12.4 Å². The van der Waals surface area contributed by atoms with Crippen molar-refractivity contribution in [3.8, 4) is 0 Å². The van der Waals surface area contributed by atoms with E-state index < -0.39 is 9.84 Å². The molecule has 1 aliphatic carbocycles. The predicted molar refractivity (Wildman–Crippen MR) is 102 cm³/mol. The van der Waals surface area contributed by atoms with Crippen LogP contribution >= 0.6 is 0 Å². The van der Waals surface area contributed by atoms with Gasteiger partial charge in [0.25, 0.3) is 0 Å². The molecule has 2 N–H and O–H groups in total. The molecule has 0 bridgehead atoms. The minimum atomic E-state index is -3.43. The van der Waals surface area contributed by atoms with Crippen molar-refractivity contribution in [2.45, 2.75) is 63.3 Å². The van der Waals surface area contributed by atoms with E-state index in [0.717, 1.165) is 24.8 Å². The number of hydrogen-bond acceptors (Lipinski definition) is 4. The van der Waals surface area contributed by atoms with Crippen molar-refractivity contribution in [1.29, 1.82) is 0 Å². The molecule has 0 saturated heterocycles. The van der Waals surface area contributed by atoms with Gasteiger partial charge in [-0.15, -0.1) is 0 Å². The fourth-order valence-electron chi connectivity index (χ4n) is 3.74. The molecule has 0 radical (unpaired) electrons. The number of nitrogens with one attached hydrogen (secondary N) is 1. The third kappa shape index (κ3) is 6.09. The molecule has 0 aliphatic heterocycles. The van der Waals surface area contributed by atoms with Gasteiger partial charge in [0, 0.05) is 12.5 Å². The maximum atomic E-state index is 12.6. The van der Waals surface area contributed by atoms with Gasteiger partial charge in [0.2, 0.25) is 5.91 Å². The molecule has 1 atom stereocenters. The Labute approximate surface area is 157 Å². The molecular formula is C20H31NO4S. The summed E-state index contributed by atoms with van der Waals surface area (Å²) in [5.41, 5.74) is 0.873. The van der Waals surface area contributed by atoms with Crippen molar-refractivity contribution < 1.29 is 18.3 Å². The molecule has 0 heterocycles. The van der Waals surface area contributed by atoms with Crippen LogP contribution in [0, 0.1) is 11.8 Å². The highest BCUT2D eigenvalue weighted by molar-refractivity contribution is 7.91. The number of aliphatic hydroxyl groups excluding tert-OH is 1. The van der Waals surface area contributed by atoms with Gasteiger partial charge in [0.05, 0.1) is 17.3 Å². The summed E-state index contributed by atoms with van der Waals surface area (Å²) in [6.45, 7) is 2.13. The lowest BCUT2D eigenvalue weighted by Gasteiger charge is -2.19. The summed E-state index contributed by atoms with van der Waals surface area (Å²) >= 11 is 0. The van der Waals surface area contributed by atoms with E-state index in [4.69, 9.17) is 5.11 Å². The van der Waals surface area contributed by atoms with Gasteiger partial charge in [-0.1, -0.05) is 51.2 Å². The summed E-state index contributed by atoms with van der Waals surface area (Å²) in [4.78, 5) is 12.8. The largest absolute Gasteiger partial charge is 0.395 e. The summed E-state index contributed by atoms with van der Waals surface area (Å²) in [5.74, 6) is 0.597. The van der Waals surface area contributed by atoms with E-state index in [9.17, 15) is 13.2 Å². The Morgan fingerprint density at radius 1 is 1.23 bits per heavy atom. The zero-order valence-electron chi connectivity index (χ0n) is 15.6. The van der Waals surface area contributed by atoms with E-state index in [2.05, 4.69) is 12.2 Å². The summed E-state index contributed by atoms with van der Waals surface area (Å²) in [6.07, 6.45) is 7.97. The molecule has 5 nitrogen and oxygen atoms in total. The highest BCUT2D eigenvalue weighted by atomic mass is 32.2. The van der Waals surface area contributed by atoms with Crippen molar-refractivity contribution in [3.05, 3.63) is 29.8 Å². The van der Waals surface area contributed by atoms with Gasteiger partial charge in [-0.2, -0.15) is 0 Å². The fourth-order valence-corrected chi connectivity index (χ4v) is 4.77. The molecule has 1 saturated carbocycles. The molecule has 6 heteroatoms. The Balaban J connectivity index is 1.90. The van der Waals surface area contributed by atoms with Gasteiger partial charge < -0.3 is 10.4 Å². The maximum absolute atomic E-state index is 12.6. The SMILES string of the molecule is CCCC(CC1CCCC1)C(=O)NCc1ccc(S(=O)(=O)CCO)cc1. The van der Waals surface area contributed by atoms with Crippen molar-refractivity contribution in [3.63, 3.8) is 0 Å². The lowest BCUT2D eigenvalue weighted by Crippen LogP contribution is -2.31. The van der Waals surface area contributed by atoms with E-state index >= 15 is 0 Å². The molecule has 2 rings (SSSR count). The highest BCUT2D eigenvalue weighted by Crippen LogP contribution is 2.31. The zero-order valence-corrected chi connectivity index (χ0v) is 16.4. The van der Waals surface area contributed by atoms with Gasteiger partial charge in [-0.05, 0) is 36.5 Å². The summed E-state index contributed by atoms with van der Waals surface area (Å²) < 4.78 is 23.8. The van der Waals surface area contributed by atoms with Crippen LogP contribution in [0.1, 0.15) is 57.4 Å². The second-order valence-electron chi connectivity index (χ2n) is 7.28. The van der Waals surface area contributed by atoms with Crippen molar-refractivity contribution in [1.82, 2.24) is 5.32 Å². The van der Waals surface area contributed by atoms with Crippen LogP contribution in [-0.4, -0.2) is 31.8 Å². The van der Waals surface area contributed by atoms with Crippen LogP contribution < -0.4 is 5.32 Å². The monoisotopic (exact) mass is 381 g/mol. The number of sulfone groups is 1. The van der Waals surface area contributed by atoms with Gasteiger partial charge in [0.15, 0.2) is 9.84 Å². The average molecular weight is 382 g/mol. The van der Waals surface area contributed by atoms with E-state index in [1.807, 2.05) is 0 Å². The lowest BCUT2D eigenvalue weighted by atomic mass is 9.89. The normalized spacial score (nSPS) is 16.5. The van der Waals surface area contributed by atoms with E-state index in [1.165, 1.54) is 37.8 Å². The van der Waals surface area contributed by atoms with Crippen molar-refractivity contribution >= 4 is 15.7 Å². The third-order valence-electron chi connectivity index (χ3n) is 5.21. The standard InChI is InChI=1S/C20H31NO4S/c1-2-5-18(14-16-6-3-4-7-16)20(23)21-15-17-8-10-19(11-9-17)26(24,25)13-12-22/h8-11,16,18,22H,2-7,12-15H2,1H3,(H,21,23). The van der Waals surface area contributed by atoms with Gasteiger partial charge in [0.1, 0.15) is 0 Å². The smallest absolute Gasteiger partial charge is 0.223 e. The molecule has 1 unspecified atom stereocenters. The molecule has 0 aromatic heterocycles. The third-order valence-corrected chi connectivity index (χ3v) is 6.92. The number of rotatable bonds is 10. The molecule has 146 valence electrons. The molecule has 1 aromatic carbocycles. The molecule has 1 aromatic rings. The van der Waals surface area contributed by atoms with Crippen molar-refractivity contribution in [2.24, 2.45) is 11.8 Å². The molecule has 1 fully saturated rings. The van der Waals surface area contributed by atoms with Gasteiger partial charge >= 0.3 is 0 Å². The Bertz CT molecular complexity index is 664. The Morgan fingerprint density at radius 3 is 2.46 bits per heavy atom. The average Bonchev–Trinajstić information content (AvgIpc) is 3.13. The minimum Gasteiger partial charge on any atom is -0.395 e. The van der Waals surface area contributed by atoms with E-state index in [0.29, 0.717) is 12.5 Å². The van der Waals surface area contributed by atoms with E-state index in [1.54, 1.807) is 12.1 Å². The number of hydrogen-bond donors (Lipinski definition) is 2. The Hall–Kier alpha value is -1.40. The number of aliphatic hydroxyl groups is 1. The van der Waals surface area contributed by atoms with E-state index in [-0.39, 0.29) is 29.1 Å². The molecule has 26 heavy (non-hydrogen) atoms. The quantitative estimate of drug-likeness (QED) is 0.652. The van der Waals surface area contributed by atoms with Crippen LogP contribution in [0.2, 0.25) is 0 Å². The first-order valence-corrected chi connectivity index (χ1v) is 11.3.